The van der Waals surface area contributed by atoms with Gasteiger partial charge in [0, 0.05) is 12.4 Å². The number of carboxylic acid groups (broad SMARTS) is 1. The van der Waals surface area contributed by atoms with E-state index in [9.17, 15) is 9.59 Å². The minimum atomic E-state index is -1.15. The zero-order chi connectivity index (χ0) is 13.8. The number of aromatic nitrogens is 2. The summed E-state index contributed by atoms with van der Waals surface area (Å²) < 4.78 is 0. The number of anilines is 1. The molecule has 7 heteroatoms. The molecule has 19 heavy (non-hydrogen) atoms. The van der Waals surface area contributed by atoms with Crippen molar-refractivity contribution in [2.24, 2.45) is 0 Å². The maximum Gasteiger partial charge on any atom is 0.337 e. The number of carboxylic acids is 1. The van der Waals surface area contributed by atoms with Crippen LogP contribution in [-0.4, -0.2) is 27.0 Å². The van der Waals surface area contributed by atoms with E-state index in [2.05, 4.69) is 15.3 Å². The zero-order valence-corrected chi connectivity index (χ0v) is 10.3. The van der Waals surface area contributed by atoms with Crippen LogP contribution in [0.5, 0.6) is 0 Å². The summed E-state index contributed by atoms with van der Waals surface area (Å²) in [6.45, 7) is 0. The number of pyridine rings is 2. The molecule has 2 rings (SSSR count). The molecule has 0 aromatic carbocycles. The number of nitrogens with one attached hydrogen (secondary N) is 1. The number of nitrogens with zero attached hydrogens (tertiary/aromatic N) is 2. The van der Waals surface area contributed by atoms with Gasteiger partial charge in [0.1, 0.15) is 5.69 Å². The normalized spacial score (nSPS) is 9.95. The maximum atomic E-state index is 11.9. The van der Waals surface area contributed by atoms with Crippen molar-refractivity contribution in [1.82, 2.24) is 9.97 Å². The van der Waals surface area contributed by atoms with Gasteiger partial charge in [0.05, 0.1) is 22.5 Å². The van der Waals surface area contributed by atoms with Crippen molar-refractivity contribution in [3.05, 3.63) is 53.1 Å². The van der Waals surface area contributed by atoms with E-state index in [1.807, 2.05) is 0 Å². The van der Waals surface area contributed by atoms with E-state index in [0.29, 0.717) is 5.02 Å². The molecule has 0 saturated heterocycles. The predicted molar refractivity (Wildman–Crippen MR) is 68.4 cm³/mol. The second-order valence-corrected chi connectivity index (χ2v) is 3.98. The average molecular weight is 278 g/mol. The lowest BCUT2D eigenvalue weighted by molar-refractivity contribution is 0.0698. The van der Waals surface area contributed by atoms with Gasteiger partial charge in [0.25, 0.3) is 5.91 Å². The van der Waals surface area contributed by atoms with E-state index in [1.54, 1.807) is 0 Å². The molecule has 0 bridgehead atoms. The van der Waals surface area contributed by atoms with E-state index in [1.165, 1.54) is 36.8 Å². The highest BCUT2D eigenvalue weighted by atomic mass is 35.5. The average Bonchev–Trinajstić information content (AvgIpc) is 2.39. The lowest BCUT2D eigenvalue weighted by atomic mass is 10.2. The van der Waals surface area contributed by atoms with Crippen LogP contribution in [0.2, 0.25) is 5.02 Å². The van der Waals surface area contributed by atoms with E-state index in [0.717, 1.165) is 0 Å². The Kier molecular flexibility index (Phi) is 3.72. The third-order valence-electron chi connectivity index (χ3n) is 2.26. The quantitative estimate of drug-likeness (QED) is 0.896. The number of amides is 1. The summed E-state index contributed by atoms with van der Waals surface area (Å²) in [5.74, 6) is -1.69. The Labute approximate surface area is 113 Å². The highest BCUT2D eigenvalue weighted by molar-refractivity contribution is 6.30. The van der Waals surface area contributed by atoms with Crippen molar-refractivity contribution in [2.75, 3.05) is 5.32 Å². The van der Waals surface area contributed by atoms with Crippen molar-refractivity contribution >= 4 is 29.2 Å². The van der Waals surface area contributed by atoms with Crippen LogP contribution in [0.3, 0.4) is 0 Å². The molecule has 2 aromatic heterocycles. The van der Waals surface area contributed by atoms with Gasteiger partial charge >= 0.3 is 5.97 Å². The summed E-state index contributed by atoms with van der Waals surface area (Å²) in [5.41, 5.74) is 0.193. The van der Waals surface area contributed by atoms with Crippen LogP contribution in [0, 0.1) is 0 Å². The SMILES string of the molecule is O=C(Nc1cnccc1C(=O)O)c1ccc(Cl)cn1. The van der Waals surface area contributed by atoms with Gasteiger partial charge in [-0.25, -0.2) is 9.78 Å². The Hall–Kier alpha value is -2.47. The van der Waals surface area contributed by atoms with Crippen molar-refractivity contribution < 1.29 is 14.7 Å². The monoisotopic (exact) mass is 277 g/mol. The molecule has 0 radical (unpaired) electrons. The fourth-order valence-corrected chi connectivity index (χ4v) is 1.49. The Bertz CT molecular complexity index is 628. The third-order valence-corrected chi connectivity index (χ3v) is 2.48. The number of halogens is 1. The molecule has 96 valence electrons. The summed E-state index contributed by atoms with van der Waals surface area (Å²) >= 11 is 5.66. The molecule has 2 aromatic rings. The molecular weight excluding hydrogens is 270 g/mol. The predicted octanol–water partition coefficient (Wildman–Crippen LogP) is 2.08. The summed E-state index contributed by atoms with van der Waals surface area (Å²) in [7, 11) is 0. The van der Waals surface area contributed by atoms with Crippen LogP contribution in [0.1, 0.15) is 20.8 Å². The summed E-state index contributed by atoms with van der Waals surface area (Å²) in [6.07, 6.45) is 3.93. The van der Waals surface area contributed by atoms with E-state index in [-0.39, 0.29) is 16.9 Å². The molecule has 0 atom stereocenters. The Morgan fingerprint density at radius 2 is 2.00 bits per heavy atom. The zero-order valence-electron chi connectivity index (χ0n) is 9.50. The first-order valence-corrected chi connectivity index (χ1v) is 5.56. The first-order valence-electron chi connectivity index (χ1n) is 5.18. The highest BCUT2D eigenvalue weighted by Gasteiger charge is 2.14. The molecule has 0 saturated carbocycles. The third kappa shape index (κ3) is 3.05. The van der Waals surface area contributed by atoms with Crippen LogP contribution >= 0.6 is 11.6 Å². The van der Waals surface area contributed by atoms with Crippen molar-refractivity contribution in [3.8, 4) is 0 Å². The van der Waals surface area contributed by atoms with Gasteiger partial charge in [0.2, 0.25) is 0 Å². The van der Waals surface area contributed by atoms with E-state index in [4.69, 9.17) is 16.7 Å². The van der Waals surface area contributed by atoms with Crippen molar-refractivity contribution in [2.45, 2.75) is 0 Å². The maximum absolute atomic E-state index is 11.9. The minimum absolute atomic E-state index is 0.0442. The van der Waals surface area contributed by atoms with Gasteiger partial charge in [-0.3, -0.25) is 9.78 Å². The first-order chi connectivity index (χ1) is 9.08. The van der Waals surface area contributed by atoms with E-state index < -0.39 is 11.9 Å². The first kappa shape index (κ1) is 13.0. The molecule has 0 aliphatic carbocycles. The molecule has 2 N–H and O–H groups in total. The molecule has 6 nitrogen and oxygen atoms in total. The van der Waals surface area contributed by atoms with Crippen LogP contribution in [0.4, 0.5) is 5.69 Å². The summed E-state index contributed by atoms with van der Waals surface area (Å²) in [4.78, 5) is 30.4. The fraction of sp³-hybridized carbons (Fsp3) is 0. The molecule has 0 fully saturated rings. The van der Waals surface area contributed by atoms with Gasteiger partial charge in [-0.1, -0.05) is 11.6 Å². The molecule has 0 aliphatic rings. The topological polar surface area (TPSA) is 92.2 Å². The Balaban J connectivity index is 2.24. The standard InChI is InChI=1S/C12H8ClN3O3/c13-7-1-2-9(15-5-7)11(17)16-10-6-14-4-3-8(10)12(18)19/h1-6H,(H,16,17)(H,18,19). The fourth-order valence-electron chi connectivity index (χ4n) is 1.38. The molecule has 1 amide bonds. The number of hydrogen-bond donors (Lipinski definition) is 2. The van der Waals surface area contributed by atoms with Gasteiger partial charge in [-0.05, 0) is 18.2 Å². The number of rotatable bonds is 3. The van der Waals surface area contributed by atoms with Crippen LogP contribution in [0.25, 0.3) is 0 Å². The largest absolute Gasteiger partial charge is 0.478 e. The van der Waals surface area contributed by atoms with Gasteiger partial charge in [-0.2, -0.15) is 0 Å². The van der Waals surface area contributed by atoms with Crippen LogP contribution in [0.15, 0.2) is 36.8 Å². The number of carbonyl (C=O) groups is 2. The second-order valence-electron chi connectivity index (χ2n) is 3.54. The van der Waals surface area contributed by atoms with E-state index >= 15 is 0 Å². The summed E-state index contributed by atoms with van der Waals surface area (Å²) in [6, 6.07) is 4.26. The van der Waals surface area contributed by atoms with Crippen LogP contribution in [-0.2, 0) is 0 Å². The molecule has 0 aliphatic heterocycles. The van der Waals surface area contributed by atoms with Crippen molar-refractivity contribution in [1.29, 1.82) is 0 Å². The lowest BCUT2D eigenvalue weighted by Crippen LogP contribution is -2.16. The molecule has 0 unspecified atom stereocenters. The van der Waals surface area contributed by atoms with Gasteiger partial charge in [-0.15, -0.1) is 0 Å². The highest BCUT2D eigenvalue weighted by Crippen LogP contribution is 2.14. The smallest absolute Gasteiger partial charge is 0.337 e. The lowest BCUT2D eigenvalue weighted by Gasteiger charge is -2.07. The van der Waals surface area contributed by atoms with Gasteiger partial charge < -0.3 is 10.4 Å². The Morgan fingerprint density at radius 1 is 1.21 bits per heavy atom. The molecule has 2 heterocycles. The number of carbonyl (C=O) groups excluding carboxylic acids is 1. The number of aromatic carboxylic acids is 1. The van der Waals surface area contributed by atoms with Gasteiger partial charge in [0.15, 0.2) is 0 Å². The summed E-state index contributed by atoms with van der Waals surface area (Å²) in [5, 5.41) is 11.8. The minimum Gasteiger partial charge on any atom is -0.478 e. The van der Waals surface area contributed by atoms with Crippen LogP contribution < -0.4 is 5.32 Å². The Morgan fingerprint density at radius 3 is 2.63 bits per heavy atom. The molecule has 0 spiro atoms. The second kappa shape index (κ2) is 5.45. The van der Waals surface area contributed by atoms with Crippen molar-refractivity contribution in [3.63, 3.8) is 0 Å². The molecular formula is C12H8ClN3O3. The number of hydrogen-bond acceptors (Lipinski definition) is 4.